The Labute approximate surface area is 195 Å². The van der Waals surface area contributed by atoms with Gasteiger partial charge in [-0.3, -0.25) is 19.7 Å². The number of ketones is 1. The van der Waals surface area contributed by atoms with Crippen molar-refractivity contribution in [2.75, 3.05) is 11.6 Å². The van der Waals surface area contributed by atoms with Crippen LogP contribution in [0.15, 0.2) is 51.1 Å². The fourth-order valence-corrected chi connectivity index (χ4v) is 3.50. The lowest BCUT2D eigenvalue weighted by atomic mass is 10.2. The number of hydrogen-bond donors (Lipinski definition) is 1. The molecule has 0 amide bonds. The van der Waals surface area contributed by atoms with Crippen molar-refractivity contribution >= 4 is 23.2 Å². The molecule has 1 aromatic carbocycles. The molecule has 0 saturated carbocycles. The standard InChI is InChI=1S/C19H13F4N5O6S/c1-9(29)8-35-17-13(3-2-4-25-17)34-14-6-11(10(20)5-12(14)28(32)33)26-16(30)7-15(19(21,22)23)27(24)18(26)31/h2-7H,8,24H2,1H3. The summed E-state index contributed by atoms with van der Waals surface area (Å²) in [4.78, 5) is 50.5. The third-order valence-corrected chi connectivity index (χ3v) is 5.39. The number of nitrogens with two attached hydrogens (primary N) is 1. The number of thioether (sulfide) groups is 1. The molecule has 0 fully saturated rings. The van der Waals surface area contributed by atoms with Crippen LogP contribution < -0.4 is 21.8 Å². The minimum atomic E-state index is -5.16. The van der Waals surface area contributed by atoms with Gasteiger partial charge in [0, 0.05) is 18.3 Å². The third-order valence-electron chi connectivity index (χ3n) is 4.26. The summed E-state index contributed by atoms with van der Waals surface area (Å²) in [7, 11) is 0. The first-order valence-electron chi connectivity index (χ1n) is 9.26. The van der Waals surface area contributed by atoms with Crippen LogP contribution in [0.25, 0.3) is 5.69 Å². The van der Waals surface area contributed by atoms with Gasteiger partial charge in [0.15, 0.2) is 17.3 Å². The van der Waals surface area contributed by atoms with Crippen molar-refractivity contribution in [1.29, 1.82) is 0 Å². The molecule has 2 N–H and O–H groups in total. The van der Waals surface area contributed by atoms with Crippen molar-refractivity contribution in [3.05, 3.63) is 79.0 Å². The van der Waals surface area contributed by atoms with Gasteiger partial charge in [0.1, 0.15) is 10.8 Å². The van der Waals surface area contributed by atoms with E-state index in [-0.39, 0.29) is 32.9 Å². The summed E-state index contributed by atoms with van der Waals surface area (Å²) < 4.78 is 58.9. The van der Waals surface area contributed by atoms with Crippen LogP contribution in [0.5, 0.6) is 11.5 Å². The van der Waals surface area contributed by atoms with Gasteiger partial charge in [-0.1, -0.05) is 11.8 Å². The monoisotopic (exact) mass is 515 g/mol. The van der Waals surface area contributed by atoms with E-state index in [1.54, 1.807) is 0 Å². The minimum absolute atomic E-state index is 0.0128. The lowest BCUT2D eigenvalue weighted by molar-refractivity contribution is -0.385. The Morgan fingerprint density at radius 3 is 2.54 bits per heavy atom. The van der Waals surface area contributed by atoms with Gasteiger partial charge >= 0.3 is 17.6 Å². The lowest BCUT2D eigenvalue weighted by Gasteiger charge is -2.15. The van der Waals surface area contributed by atoms with Crippen molar-refractivity contribution in [3.63, 3.8) is 0 Å². The van der Waals surface area contributed by atoms with E-state index in [1.807, 2.05) is 0 Å². The number of nitro groups is 1. The molecule has 16 heteroatoms. The molecule has 0 atom stereocenters. The molecule has 0 unspecified atom stereocenters. The molecule has 184 valence electrons. The number of Topliss-reactive ketones (excluding diaryl/α,β-unsaturated/α-hetero) is 1. The van der Waals surface area contributed by atoms with Crippen LogP contribution in [-0.4, -0.2) is 30.7 Å². The summed E-state index contributed by atoms with van der Waals surface area (Å²) in [6.45, 7) is 1.32. The van der Waals surface area contributed by atoms with E-state index >= 15 is 0 Å². The van der Waals surface area contributed by atoms with Crippen molar-refractivity contribution in [3.8, 4) is 17.2 Å². The first-order chi connectivity index (χ1) is 16.3. The average molecular weight is 515 g/mol. The highest BCUT2D eigenvalue weighted by Gasteiger charge is 2.36. The molecular weight excluding hydrogens is 502 g/mol. The molecule has 0 aliphatic heterocycles. The van der Waals surface area contributed by atoms with Crippen LogP contribution in [0.3, 0.4) is 0 Å². The zero-order valence-corrected chi connectivity index (χ0v) is 18.2. The summed E-state index contributed by atoms with van der Waals surface area (Å²) in [5, 5.41) is 11.6. The number of aromatic nitrogens is 3. The van der Waals surface area contributed by atoms with Gasteiger partial charge in [-0.05, 0) is 19.1 Å². The molecule has 35 heavy (non-hydrogen) atoms. The normalized spacial score (nSPS) is 11.3. The zero-order chi connectivity index (χ0) is 26.1. The Balaban J connectivity index is 2.20. The number of nitrogen functional groups attached to an aromatic ring is 1. The van der Waals surface area contributed by atoms with Crippen molar-refractivity contribution in [2.45, 2.75) is 18.1 Å². The fraction of sp³-hybridized carbons (Fsp3) is 0.158. The van der Waals surface area contributed by atoms with E-state index in [2.05, 4.69) is 4.98 Å². The second-order valence-electron chi connectivity index (χ2n) is 6.78. The fourth-order valence-electron chi connectivity index (χ4n) is 2.77. The largest absolute Gasteiger partial charge is 0.447 e. The Bertz CT molecular complexity index is 1450. The van der Waals surface area contributed by atoms with Gasteiger partial charge in [-0.25, -0.2) is 23.4 Å². The zero-order valence-electron chi connectivity index (χ0n) is 17.4. The van der Waals surface area contributed by atoms with E-state index in [9.17, 15) is 42.1 Å². The maximum atomic E-state index is 14.7. The van der Waals surface area contributed by atoms with Crippen LogP contribution in [0.2, 0.25) is 0 Å². The summed E-state index contributed by atoms with van der Waals surface area (Å²) in [6, 6.07) is 3.63. The van der Waals surface area contributed by atoms with E-state index in [1.165, 1.54) is 25.3 Å². The van der Waals surface area contributed by atoms with Crippen LogP contribution in [0.4, 0.5) is 23.2 Å². The summed E-state index contributed by atoms with van der Waals surface area (Å²) in [5.41, 5.74) is -7.02. The molecule has 3 aromatic rings. The average Bonchev–Trinajstić information content (AvgIpc) is 2.76. The Hall–Kier alpha value is -4.21. The molecule has 0 spiro atoms. The number of halogens is 4. The summed E-state index contributed by atoms with van der Waals surface area (Å²) in [5.74, 6) is 2.71. The first-order valence-corrected chi connectivity index (χ1v) is 10.2. The van der Waals surface area contributed by atoms with Gasteiger partial charge in [-0.15, -0.1) is 0 Å². The number of carbonyl (C=O) groups is 1. The van der Waals surface area contributed by atoms with Crippen molar-refractivity contribution in [2.24, 2.45) is 0 Å². The molecular formula is C19H13F4N5O6S. The second-order valence-corrected chi connectivity index (χ2v) is 7.75. The molecule has 0 aliphatic rings. The maximum Gasteiger partial charge on any atom is 0.433 e. The van der Waals surface area contributed by atoms with Gasteiger partial charge in [-0.2, -0.15) is 13.2 Å². The molecule has 11 nitrogen and oxygen atoms in total. The third kappa shape index (κ3) is 5.32. The lowest BCUT2D eigenvalue weighted by Crippen LogP contribution is -2.45. The number of benzene rings is 1. The maximum absolute atomic E-state index is 14.7. The molecule has 0 aliphatic carbocycles. The molecule has 0 saturated heterocycles. The Morgan fingerprint density at radius 2 is 1.94 bits per heavy atom. The minimum Gasteiger partial charge on any atom is -0.447 e. The number of ether oxygens (including phenoxy) is 1. The van der Waals surface area contributed by atoms with Crippen LogP contribution in [-0.2, 0) is 11.0 Å². The number of nitrogens with zero attached hydrogens (tertiary/aromatic N) is 4. The van der Waals surface area contributed by atoms with Crippen LogP contribution >= 0.6 is 11.8 Å². The predicted molar refractivity (Wildman–Crippen MR) is 114 cm³/mol. The van der Waals surface area contributed by atoms with Crippen LogP contribution in [0, 0.1) is 15.9 Å². The SMILES string of the molecule is CC(=O)CSc1ncccc1Oc1cc(-n2c(=O)cc(C(F)(F)F)n(N)c2=O)c(F)cc1[N+](=O)[O-]. The Kier molecular flexibility index (Phi) is 6.95. The number of rotatable bonds is 7. The smallest absolute Gasteiger partial charge is 0.433 e. The number of alkyl halides is 3. The molecule has 0 radical (unpaired) electrons. The predicted octanol–water partition coefficient (Wildman–Crippen LogP) is 2.65. The van der Waals surface area contributed by atoms with Crippen LogP contribution in [0.1, 0.15) is 12.6 Å². The molecule has 0 bridgehead atoms. The number of carbonyl (C=O) groups excluding carboxylic acids is 1. The van der Waals surface area contributed by atoms with Crippen molar-refractivity contribution < 1.29 is 32.0 Å². The van der Waals surface area contributed by atoms with E-state index in [0.29, 0.717) is 12.1 Å². The van der Waals surface area contributed by atoms with Gasteiger partial charge in [0.05, 0.1) is 22.4 Å². The topological polar surface area (TPSA) is 152 Å². The molecule has 2 heterocycles. The van der Waals surface area contributed by atoms with E-state index in [0.717, 1.165) is 11.8 Å². The molecule has 3 rings (SSSR count). The highest BCUT2D eigenvalue weighted by Crippen LogP contribution is 2.37. The second kappa shape index (κ2) is 9.57. The van der Waals surface area contributed by atoms with E-state index in [4.69, 9.17) is 10.6 Å². The Morgan fingerprint density at radius 1 is 1.26 bits per heavy atom. The number of pyridine rings is 1. The molecule has 2 aromatic heterocycles. The quantitative estimate of drug-likeness (QED) is 0.165. The highest BCUT2D eigenvalue weighted by atomic mass is 32.2. The van der Waals surface area contributed by atoms with Gasteiger partial charge < -0.3 is 10.6 Å². The first kappa shape index (κ1) is 25.4. The summed E-state index contributed by atoms with van der Waals surface area (Å²) in [6.07, 6.45) is -3.81. The highest BCUT2D eigenvalue weighted by molar-refractivity contribution is 8.00. The number of hydrogen-bond acceptors (Lipinski definition) is 9. The van der Waals surface area contributed by atoms with E-state index < -0.39 is 55.7 Å². The van der Waals surface area contributed by atoms with Gasteiger partial charge in [0.25, 0.3) is 5.56 Å². The van der Waals surface area contributed by atoms with Crippen molar-refractivity contribution in [1.82, 2.24) is 14.2 Å². The van der Waals surface area contributed by atoms with Gasteiger partial charge in [0.2, 0.25) is 5.75 Å². The number of nitro benzene ring substituents is 1. The summed E-state index contributed by atoms with van der Waals surface area (Å²) >= 11 is 0.942.